The van der Waals surface area contributed by atoms with Gasteiger partial charge >= 0.3 is 18.0 Å². The summed E-state index contributed by atoms with van der Waals surface area (Å²) in [4.78, 5) is 47.6. The molecule has 0 spiro atoms. The number of aliphatic hydroxyl groups excluding tert-OH is 1. The van der Waals surface area contributed by atoms with Crippen LogP contribution in [0.1, 0.15) is 45.6 Å². The third kappa shape index (κ3) is 11.9. The minimum absolute atomic E-state index is 0.0204. The fourth-order valence-corrected chi connectivity index (χ4v) is 2.56. The van der Waals surface area contributed by atoms with Gasteiger partial charge in [-0.15, -0.1) is 0 Å². The number of hydrogen-bond acceptors (Lipinski definition) is 8. The predicted molar refractivity (Wildman–Crippen MR) is 114 cm³/mol. The van der Waals surface area contributed by atoms with E-state index in [0.29, 0.717) is 0 Å². The summed E-state index contributed by atoms with van der Waals surface area (Å²) in [7, 11) is 1.16. The van der Waals surface area contributed by atoms with Gasteiger partial charge in [-0.05, 0) is 32.8 Å². The molecule has 3 N–H and O–H groups in total. The van der Waals surface area contributed by atoms with Gasteiger partial charge in [-0.3, -0.25) is 9.59 Å². The maximum absolute atomic E-state index is 12.2. The first-order chi connectivity index (χ1) is 15.0. The van der Waals surface area contributed by atoms with E-state index >= 15 is 0 Å². The van der Waals surface area contributed by atoms with Gasteiger partial charge in [0.1, 0.15) is 18.2 Å². The number of nitrogens with one attached hydrogen (secondary N) is 2. The van der Waals surface area contributed by atoms with Gasteiger partial charge in [-0.1, -0.05) is 30.3 Å². The summed E-state index contributed by atoms with van der Waals surface area (Å²) < 4.78 is 14.8. The van der Waals surface area contributed by atoms with Crippen LogP contribution in [0.3, 0.4) is 0 Å². The Hall–Kier alpha value is -3.14. The highest BCUT2D eigenvalue weighted by Crippen LogP contribution is 2.11. The zero-order chi connectivity index (χ0) is 24.1. The molecule has 0 aromatic heterocycles. The van der Waals surface area contributed by atoms with Crippen LogP contribution >= 0.6 is 0 Å². The van der Waals surface area contributed by atoms with Crippen molar-refractivity contribution >= 4 is 23.9 Å². The van der Waals surface area contributed by atoms with Gasteiger partial charge in [0, 0.05) is 13.0 Å². The number of esters is 2. The van der Waals surface area contributed by atoms with E-state index in [0.717, 1.165) is 12.7 Å². The Morgan fingerprint density at radius 1 is 1.09 bits per heavy atom. The molecule has 1 rings (SSSR count). The number of carbonyl (C=O) groups excluding carboxylic acids is 4. The van der Waals surface area contributed by atoms with E-state index in [1.807, 2.05) is 18.2 Å². The molecular weight excluding hydrogens is 420 g/mol. The minimum Gasteiger partial charge on any atom is -0.467 e. The van der Waals surface area contributed by atoms with Crippen molar-refractivity contribution in [2.24, 2.45) is 0 Å². The Bertz CT molecular complexity index is 761. The fraction of sp³-hybridized carbons (Fsp3) is 0.545. The maximum atomic E-state index is 12.2. The lowest BCUT2D eigenvalue weighted by atomic mass is 10.1. The summed E-state index contributed by atoms with van der Waals surface area (Å²) >= 11 is 0. The molecule has 0 saturated carbocycles. The molecule has 0 fully saturated rings. The summed E-state index contributed by atoms with van der Waals surface area (Å²) in [6, 6.07) is 7.99. The number of hydrogen-bond donors (Lipinski definition) is 3. The van der Waals surface area contributed by atoms with Gasteiger partial charge in [0.25, 0.3) is 0 Å². The van der Waals surface area contributed by atoms with Crippen molar-refractivity contribution in [3.05, 3.63) is 35.9 Å². The van der Waals surface area contributed by atoms with Crippen LogP contribution in [-0.2, 0) is 35.2 Å². The zero-order valence-corrected chi connectivity index (χ0v) is 18.9. The van der Waals surface area contributed by atoms with Crippen LogP contribution in [0, 0.1) is 0 Å². The van der Waals surface area contributed by atoms with E-state index in [1.54, 1.807) is 32.9 Å². The largest absolute Gasteiger partial charge is 0.467 e. The molecule has 0 saturated heterocycles. The lowest BCUT2D eigenvalue weighted by Gasteiger charge is -2.21. The summed E-state index contributed by atoms with van der Waals surface area (Å²) in [6.45, 7) is 5.01. The Labute approximate surface area is 187 Å². The summed E-state index contributed by atoms with van der Waals surface area (Å²) in [6.07, 6.45) is -2.44. The third-order valence-corrected chi connectivity index (χ3v) is 3.99. The highest BCUT2D eigenvalue weighted by Gasteiger charge is 2.25. The number of benzene rings is 1. The molecule has 1 aromatic rings. The smallest absolute Gasteiger partial charge is 0.407 e. The number of aliphatic hydroxyl groups is 1. The van der Waals surface area contributed by atoms with Crippen LogP contribution in [0.25, 0.3) is 0 Å². The molecule has 10 nitrogen and oxygen atoms in total. The standard InChI is InChI=1S/C22H32N2O8/c1-22(2,3)32-19(27)11-10-17(20(28)30-4)24-18(26)12-16(25)13-23-21(29)31-14-15-8-6-5-7-9-15/h5-9,16-17,25H,10-14H2,1-4H3,(H,23,29)(H,24,26)/t16-,17-/m1/s1. The van der Waals surface area contributed by atoms with E-state index < -0.39 is 41.7 Å². The lowest BCUT2D eigenvalue weighted by molar-refractivity contribution is -0.155. The van der Waals surface area contributed by atoms with E-state index in [2.05, 4.69) is 15.4 Å². The van der Waals surface area contributed by atoms with Gasteiger partial charge in [-0.25, -0.2) is 9.59 Å². The van der Waals surface area contributed by atoms with Crippen LogP contribution in [0.5, 0.6) is 0 Å². The van der Waals surface area contributed by atoms with Crippen molar-refractivity contribution in [3.63, 3.8) is 0 Å². The second kappa shape index (κ2) is 13.3. The number of carbonyl (C=O) groups is 4. The molecule has 2 atom stereocenters. The van der Waals surface area contributed by atoms with Crippen molar-refractivity contribution in [2.45, 2.75) is 64.4 Å². The molecule has 0 aliphatic carbocycles. The first kappa shape index (κ1) is 26.9. The number of ether oxygens (including phenoxy) is 3. The molecule has 2 amide bonds. The topological polar surface area (TPSA) is 140 Å². The molecule has 0 heterocycles. The first-order valence-corrected chi connectivity index (χ1v) is 10.2. The number of rotatable bonds is 11. The number of amides is 2. The van der Waals surface area contributed by atoms with E-state index in [1.165, 1.54) is 0 Å². The third-order valence-electron chi connectivity index (χ3n) is 3.99. The van der Waals surface area contributed by atoms with Crippen LogP contribution in [0.15, 0.2) is 30.3 Å². The summed E-state index contributed by atoms with van der Waals surface area (Å²) in [5.74, 6) is -1.88. The van der Waals surface area contributed by atoms with Gasteiger partial charge in [0.15, 0.2) is 0 Å². The Kier molecular flexibility index (Phi) is 11.2. The average molecular weight is 453 g/mol. The molecule has 32 heavy (non-hydrogen) atoms. The Morgan fingerprint density at radius 3 is 2.34 bits per heavy atom. The molecule has 0 aliphatic heterocycles. The Balaban J connectivity index is 2.40. The van der Waals surface area contributed by atoms with Gasteiger partial charge in [-0.2, -0.15) is 0 Å². The molecule has 178 valence electrons. The van der Waals surface area contributed by atoms with Gasteiger partial charge in [0.05, 0.1) is 19.6 Å². The van der Waals surface area contributed by atoms with E-state index in [9.17, 15) is 24.3 Å². The highest BCUT2D eigenvalue weighted by molar-refractivity contribution is 5.85. The summed E-state index contributed by atoms with van der Waals surface area (Å²) in [5.41, 5.74) is 0.142. The summed E-state index contributed by atoms with van der Waals surface area (Å²) in [5, 5.41) is 14.8. The molecular formula is C22H32N2O8. The number of alkyl carbamates (subject to hydrolysis) is 1. The molecule has 0 bridgehead atoms. The Morgan fingerprint density at radius 2 is 1.75 bits per heavy atom. The normalized spacial score (nSPS) is 12.8. The molecule has 1 aromatic carbocycles. The van der Waals surface area contributed by atoms with Gasteiger partial charge < -0.3 is 30.0 Å². The van der Waals surface area contributed by atoms with Crippen molar-refractivity contribution in [2.75, 3.05) is 13.7 Å². The van der Waals surface area contributed by atoms with Crippen molar-refractivity contribution in [1.82, 2.24) is 10.6 Å². The quantitative estimate of drug-likeness (QED) is 0.338. The van der Waals surface area contributed by atoms with Crippen LogP contribution in [-0.4, -0.2) is 60.4 Å². The van der Waals surface area contributed by atoms with Crippen LogP contribution in [0.2, 0.25) is 0 Å². The minimum atomic E-state index is -1.21. The second-order valence-corrected chi connectivity index (χ2v) is 8.07. The fourth-order valence-electron chi connectivity index (χ4n) is 2.56. The van der Waals surface area contributed by atoms with E-state index in [-0.39, 0.29) is 32.4 Å². The van der Waals surface area contributed by atoms with Crippen LogP contribution in [0.4, 0.5) is 4.79 Å². The molecule has 10 heteroatoms. The van der Waals surface area contributed by atoms with Crippen molar-refractivity contribution in [3.8, 4) is 0 Å². The van der Waals surface area contributed by atoms with Crippen molar-refractivity contribution < 1.29 is 38.5 Å². The maximum Gasteiger partial charge on any atom is 0.407 e. The van der Waals surface area contributed by atoms with E-state index in [4.69, 9.17) is 9.47 Å². The first-order valence-electron chi connectivity index (χ1n) is 10.2. The monoisotopic (exact) mass is 452 g/mol. The molecule has 0 radical (unpaired) electrons. The average Bonchev–Trinajstić information content (AvgIpc) is 2.72. The highest BCUT2D eigenvalue weighted by atomic mass is 16.6. The lowest BCUT2D eigenvalue weighted by Crippen LogP contribution is -2.44. The second-order valence-electron chi connectivity index (χ2n) is 8.07. The zero-order valence-electron chi connectivity index (χ0n) is 18.9. The SMILES string of the molecule is COC(=O)[C@@H](CCC(=O)OC(C)(C)C)NC(=O)C[C@@H](O)CNC(=O)OCc1ccccc1. The van der Waals surface area contributed by atoms with Crippen molar-refractivity contribution in [1.29, 1.82) is 0 Å². The molecule has 0 unspecified atom stereocenters. The van der Waals surface area contributed by atoms with Crippen LogP contribution < -0.4 is 10.6 Å². The van der Waals surface area contributed by atoms with Gasteiger partial charge in [0.2, 0.25) is 5.91 Å². The predicted octanol–water partition coefficient (Wildman–Crippen LogP) is 1.44. The molecule has 0 aliphatic rings. The number of methoxy groups -OCH3 is 1.